The highest BCUT2D eigenvalue weighted by Crippen LogP contribution is 2.49. The Bertz CT molecular complexity index is 782. The van der Waals surface area contributed by atoms with Gasteiger partial charge in [0, 0.05) is 12.1 Å². The van der Waals surface area contributed by atoms with Gasteiger partial charge in [0.2, 0.25) is 5.91 Å². The van der Waals surface area contributed by atoms with Gasteiger partial charge in [0.05, 0.1) is 16.7 Å². The number of piperidine rings is 1. The second kappa shape index (κ2) is 4.81. The predicted molar refractivity (Wildman–Crippen MR) is 89.2 cm³/mol. The van der Waals surface area contributed by atoms with Gasteiger partial charge in [-0.15, -0.1) is 0 Å². The highest BCUT2D eigenvalue weighted by atomic mass is 16.2. The first-order valence-electron chi connectivity index (χ1n) is 8.37. The Balaban J connectivity index is 1.64. The fraction of sp³-hybridized carbons (Fsp3) is 0.556. The Labute approximate surface area is 136 Å². The molecule has 1 saturated carbocycles. The van der Waals surface area contributed by atoms with E-state index in [1.165, 1.54) is 5.56 Å². The lowest BCUT2D eigenvalue weighted by Crippen LogP contribution is -2.44. The van der Waals surface area contributed by atoms with Crippen LogP contribution in [0.4, 0.5) is 0 Å². The van der Waals surface area contributed by atoms with Crippen LogP contribution in [0, 0.1) is 31.6 Å². The van der Waals surface area contributed by atoms with Crippen molar-refractivity contribution in [1.82, 2.24) is 20.0 Å². The normalized spacial score (nSPS) is 26.3. The van der Waals surface area contributed by atoms with Crippen molar-refractivity contribution in [2.45, 2.75) is 33.2 Å². The molecule has 0 spiro atoms. The maximum Gasteiger partial charge on any atom is 0.224 e. The summed E-state index contributed by atoms with van der Waals surface area (Å²) in [6, 6.07) is 4.12. The summed E-state index contributed by atoms with van der Waals surface area (Å²) in [5.74, 6) is 2.32. The number of rotatable bonds is 3. The number of amides is 1. The van der Waals surface area contributed by atoms with Gasteiger partial charge in [-0.05, 0) is 64.3 Å². The van der Waals surface area contributed by atoms with Gasteiger partial charge in [0.1, 0.15) is 5.82 Å². The molecule has 122 valence electrons. The van der Waals surface area contributed by atoms with E-state index in [-0.39, 0.29) is 11.8 Å². The van der Waals surface area contributed by atoms with Crippen molar-refractivity contribution >= 4 is 11.4 Å². The number of hydrogen-bond donors (Lipinski definition) is 2. The molecule has 1 saturated heterocycles. The summed E-state index contributed by atoms with van der Waals surface area (Å²) in [6.07, 6.45) is 2.03. The number of carbonyl (C=O) groups excluding carboxylic acids is 1. The van der Waals surface area contributed by atoms with E-state index in [9.17, 15) is 4.79 Å². The van der Waals surface area contributed by atoms with Crippen LogP contribution in [0.15, 0.2) is 18.3 Å². The second-order valence-corrected chi connectivity index (χ2v) is 7.56. The highest BCUT2D eigenvalue weighted by molar-refractivity contribution is 5.83. The molecule has 3 heterocycles. The van der Waals surface area contributed by atoms with E-state index in [0.717, 1.165) is 30.1 Å². The van der Waals surface area contributed by atoms with Crippen molar-refractivity contribution < 1.29 is 4.79 Å². The fourth-order valence-corrected chi connectivity index (χ4v) is 4.21. The van der Waals surface area contributed by atoms with Crippen molar-refractivity contribution in [3.63, 3.8) is 0 Å². The summed E-state index contributed by atoms with van der Waals surface area (Å²) in [7, 11) is 0. The predicted octanol–water partition coefficient (Wildman–Crippen LogP) is 1.77. The number of pyridine rings is 1. The van der Waals surface area contributed by atoms with Crippen LogP contribution in [0.3, 0.4) is 0 Å². The monoisotopic (exact) mass is 312 g/mol. The summed E-state index contributed by atoms with van der Waals surface area (Å²) in [4.78, 5) is 17.4. The third-order valence-electron chi connectivity index (χ3n) is 5.43. The topological polar surface area (TPSA) is 58.4 Å². The minimum absolute atomic E-state index is 0.175. The molecule has 2 unspecified atom stereocenters. The zero-order chi connectivity index (χ0) is 16.4. The quantitative estimate of drug-likeness (QED) is 0.908. The molecule has 0 radical (unpaired) electrons. The van der Waals surface area contributed by atoms with Crippen molar-refractivity contribution in [1.29, 1.82) is 0 Å². The van der Waals surface area contributed by atoms with E-state index >= 15 is 0 Å². The first-order valence-corrected chi connectivity index (χ1v) is 8.37. The molecule has 23 heavy (non-hydrogen) atoms. The van der Waals surface area contributed by atoms with E-state index in [2.05, 4.69) is 28.0 Å². The Kier molecular flexibility index (Phi) is 3.07. The maximum absolute atomic E-state index is 12.6. The number of hydrogen-bond acceptors (Lipinski definition) is 3. The van der Waals surface area contributed by atoms with Gasteiger partial charge in [0.25, 0.3) is 0 Å². The molecule has 1 aliphatic carbocycles. The molecule has 5 nitrogen and oxygen atoms in total. The van der Waals surface area contributed by atoms with E-state index < -0.39 is 5.54 Å². The van der Waals surface area contributed by atoms with E-state index in [1.54, 1.807) is 0 Å². The Morgan fingerprint density at radius 1 is 1.35 bits per heavy atom. The second-order valence-electron chi connectivity index (χ2n) is 7.56. The molecule has 2 aromatic heterocycles. The Hall–Kier alpha value is -1.88. The Morgan fingerprint density at radius 3 is 2.74 bits per heavy atom. The van der Waals surface area contributed by atoms with Gasteiger partial charge in [-0.1, -0.05) is 6.07 Å². The molecule has 5 heteroatoms. The summed E-state index contributed by atoms with van der Waals surface area (Å²) < 4.78 is 2.11. The standard InChI is InChI=1S/C18H24N4O/c1-10-6-5-7-22-15(10)11(2)20-17(22)18(3,4)21-16(23)14-12-8-19-9-13(12)14/h5-7,12-14,19H,8-9H2,1-4H3,(H,21,23). The van der Waals surface area contributed by atoms with Gasteiger partial charge in [-0.3, -0.25) is 4.79 Å². The molecular formula is C18H24N4O. The molecule has 0 bridgehead atoms. The number of aromatic nitrogens is 2. The molecule has 0 aromatic carbocycles. The molecule has 2 aliphatic rings. The average molecular weight is 312 g/mol. The third kappa shape index (κ3) is 2.17. The van der Waals surface area contributed by atoms with Crippen LogP contribution in [0.25, 0.3) is 5.52 Å². The molecule has 2 atom stereocenters. The minimum Gasteiger partial charge on any atom is -0.344 e. The largest absolute Gasteiger partial charge is 0.344 e. The average Bonchev–Trinajstić information content (AvgIpc) is 2.81. The molecule has 2 fully saturated rings. The SMILES string of the molecule is Cc1cccn2c(C(C)(C)NC(=O)C3C4CNCC43)nc(C)c12. The van der Waals surface area contributed by atoms with Gasteiger partial charge in [-0.25, -0.2) is 4.98 Å². The molecule has 2 aromatic rings. The van der Waals surface area contributed by atoms with Gasteiger partial charge in [-0.2, -0.15) is 0 Å². The summed E-state index contributed by atoms with van der Waals surface area (Å²) >= 11 is 0. The van der Waals surface area contributed by atoms with Crippen LogP contribution in [-0.2, 0) is 10.3 Å². The lowest BCUT2D eigenvalue weighted by Gasteiger charge is -2.26. The number of nitrogens with zero attached hydrogens (tertiary/aromatic N) is 2. The van der Waals surface area contributed by atoms with Crippen LogP contribution in [0.5, 0.6) is 0 Å². The van der Waals surface area contributed by atoms with E-state index in [1.807, 2.05) is 33.0 Å². The number of nitrogens with one attached hydrogen (secondary N) is 2. The van der Waals surface area contributed by atoms with Crippen LogP contribution < -0.4 is 10.6 Å². The molecule has 4 rings (SSSR count). The lowest BCUT2D eigenvalue weighted by molar-refractivity contribution is -0.124. The smallest absolute Gasteiger partial charge is 0.224 e. The first-order chi connectivity index (χ1) is 10.9. The molecule has 1 aliphatic heterocycles. The zero-order valence-corrected chi connectivity index (χ0v) is 14.2. The first kappa shape index (κ1) is 14.7. The molecule has 1 amide bonds. The number of aryl methyl sites for hydroxylation is 2. The summed E-state index contributed by atoms with van der Waals surface area (Å²) in [5.41, 5.74) is 2.85. The van der Waals surface area contributed by atoms with Crippen LogP contribution >= 0.6 is 0 Å². The Morgan fingerprint density at radius 2 is 2.04 bits per heavy atom. The van der Waals surface area contributed by atoms with Gasteiger partial charge >= 0.3 is 0 Å². The van der Waals surface area contributed by atoms with Crippen molar-refractivity contribution in [2.75, 3.05) is 13.1 Å². The van der Waals surface area contributed by atoms with E-state index in [0.29, 0.717) is 11.8 Å². The van der Waals surface area contributed by atoms with Crippen LogP contribution in [0.1, 0.15) is 30.9 Å². The van der Waals surface area contributed by atoms with Crippen molar-refractivity contribution in [3.8, 4) is 0 Å². The third-order valence-corrected chi connectivity index (χ3v) is 5.43. The van der Waals surface area contributed by atoms with Crippen molar-refractivity contribution in [3.05, 3.63) is 35.4 Å². The van der Waals surface area contributed by atoms with E-state index in [4.69, 9.17) is 4.98 Å². The van der Waals surface area contributed by atoms with Crippen LogP contribution in [-0.4, -0.2) is 28.4 Å². The highest BCUT2D eigenvalue weighted by Gasteiger charge is 2.57. The number of fused-ring (bicyclic) bond motifs is 2. The van der Waals surface area contributed by atoms with Crippen molar-refractivity contribution in [2.24, 2.45) is 17.8 Å². The lowest BCUT2D eigenvalue weighted by atomic mass is 10.0. The molecule has 2 N–H and O–H groups in total. The fourth-order valence-electron chi connectivity index (χ4n) is 4.21. The minimum atomic E-state index is -0.494. The zero-order valence-electron chi connectivity index (χ0n) is 14.2. The van der Waals surface area contributed by atoms with Gasteiger partial charge in [0.15, 0.2) is 0 Å². The number of carbonyl (C=O) groups is 1. The summed E-state index contributed by atoms with van der Waals surface area (Å²) in [5, 5.41) is 6.58. The van der Waals surface area contributed by atoms with Crippen LogP contribution in [0.2, 0.25) is 0 Å². The number of imidazole rings is 1. The molecular weight excluding hydrogens is 288 g/mol. The van der Waals surface area contributed by atoms with Gasteiger partial charge < -0.3 is 15.0 Å². The summed E-state index contributed by atoms with van der Waals surface area (Å²) in [6.45, 7) is 10.2. The maximum atomic E-state index is 12.6.